The van der Waals surface area contributed by atoms with Crippen molar-refractivity contribution in [1.29, 1.82) is 0 Å². The summed E-state index contributed by atoms with van der Waals surface area (Å²) in [7, 11) is 0. The lowest BCUT2D eigenvalue weighted by Crippen LogP contribution is -2.50. The van der Waals surface area contributed by atoms with E-state index in [4.69, 9.17) is 0 Å². The first kappa shape index (κ1) is 13.5. The van der Waals surface area contributed by atoms with Gasteiger partial charge in [-0.3, -0.25) is 9.59 Å². The average molecular weight is 291 g/mol. The van der Waals surface area contributed by atoms with Crippen LogP contribution in [0.1, 0.15) is 33.6 Å². The highest BCUT2D eigenvalue weighted by Gasteiger charge is 2.28. The van der Waals surface area contributed by atoms with E-state index in [9.17, 15) is 9.59 Å². The van der Waals surface area contributed by atoms with Gasteiger partial charge in [-0.2, -0.15) is 0 Å². The number of rotatable bonds is 2. The summed E-state index contributed by atoms with van der Waals surface area (Å²) in [6.07, 6.45) is 1.81. The second-order valence-corrected chi connectivity index (χ2v) is 6.27. The molecule has 2 amide bonds. The average Bonchev–Trinajstić information content (AvgIpc) is 2.09. The fraction of sp³-hybridized carbons (Fsp3) is 0.818. The van der Waals surface area contributed by atoms with E-state index in [0.717, 1.165) is 12.8 Å². The molecule has 0 aromatic heterocycles. The van der Waals surface area contributed by atoms with Crippen LogP contribution in [0.15, 0.2) is 0 Å². The molecular weight excluding hydrogens is 272 g/mol. The number of amides is 2. The first-order chi connectivity index (χ1) is 7.29. The van der Waals surface area contributed by atoms with Crippen molar-refractivity contribution >= 4 is 27.7 Å². The van der Waals surface area contributed by atoms with E-state index >= 15 is 0 Å². The van der Waals surface area contributed by atoms with E-state index in [1.807, 2.05) is 20.8 Å². The summed E-state index contributed by atoms with van der Waals surface area (Å²) in [5, 5.41) is 2.85. The Bertz CT molecular complexity index is 286. The number of piperidine rings is 1. The number of alkyl halides is 1. The largest absolute Gasteiger partial charge is 0.350 e. The van der Waals surface area contributed by atoms with Crippen molar-refractivity contribution < 1.29 is 9.59 Å². The van der Waals surface area contributed by atoms with Crippen LogP contribution in [0, 0.1) is 0 Å². The van der Waals surface area contributed by atoms with Crippen molar-refractivity contribution in [3.63, 3.8) is 0 Å². The van der Waals surface area contributed by atoms with Gasteiger partial charge in [0.15, 0.2) is 0 Å². The lowest BCUT2D eigenvalue weighted by Gasteiger charge is -2.30. The number of hydrogen-bond acceptors (Lipinski definition) is 2. The van der Waals surface area contributed by atoms with E-state index in [2.05, 4.69) is 21.2 Å². The number of hydrogen-bond donors (Lipinski definition) is 1. The minimum atomic E-state index is -0.246. The second kappa shape index (κ2) is 5.17. The van der Waals surface area contributed by atoms with Gasteiger partial charge in [0.1, 0.15) is 0 Å². The molecule has 0 aliphatic carbocycles. The zero-order valence-electron chi connectivity index (χ0n) is 10.0. The molecule has 1 heterocycles. The lowest BCUT2D eigenvalue weighted by atomic mass is 10.1. The molecule has 0 aromatic rings. The first-order valence-electron chi connectivity index (χ1n) is 5.53. The standard InChI is InChI=1S/C11H19BrN2O2/c1-11(2,3)13-9(15)7-14-6-4-5-8(12)10(14)16/h8H,4-7H2,1-3H3,(H,13,15). The van der Waals surface area contributed by atoms with Crippen molar-refractivity contribution in [1.82, 2.24) is 10.2 Å². The van der Waals surface area contributed by atoms with Gasteiger partial charge in [0.05, 0.1) is 11.4 Å². The normalized spacial score (nSPS) is 22.1. The minimum Gasteiger partial charge on any atom is -0.350 e. The maximum absolute atomic E-state index is 11.7. The molecule has 1 atom stereocenters. The number of carbonyl (C=O) groups is 2. The summed E-state index contributed by atoms with van der Waals surface area (Å²) < 4.78 is 0. The van der Waals surface area contributed by atoms with Gasteiger partial charge < -0.3 is 10.2 Å². The maximum atomic E-state index is 11.7. The van der Waals surface area contributed by atoms with Gasteiger partial charge in [0.25, 0.3) is 0 Å². The van der Waals surface area contributed by atoms with Gasteiger partial charge in [-0.15, -0.1) is 0 Å². The molecule has 1 saturated heterocycles. The summed E-state index contributed by atoms with van der Waals surface area (Å²) in [5.74, 6) is -0.0715. The van der Waals surface area contributed by atoms with Crippen LogP contribution < -0.4 is 5.32 Å². The molecule has 1 aliphatic rings. The number of carbonyl (C=O) groups excluding carboxylic acids is 2. The Labute approximate surface area is 105 Å². The van der Waals surface area contributed by atoms with Crippen molar-refractivity contribution in [2.24, 2.45) is 0 Å². The van der Waals surface area contributed by atoms with Gasteiger partial charge in [-0.25, -0.2) is 0 Å². The van der Waals surface area contributed by atoms with Gasteiger partial charge >= 0.3 is 0 Å². The molecule has 4 nitrogen and oxygen atoms in total. The van der Waals surface area contributed by atoms with Crippen LogP contribution in [0.4, 0.5) is 0 Å². The molecule has 0 radical (unpaired) electrons. The SMILES string of the molecule is CC(C)(C)NC(=O)CN1CCCC(Br)C1=O. The third kappa shape index (κ3) is 4.12. The van der Waals surface area contributed by atoms with Gasteiger partial charge in [-0.1, -0.05) is 15.9 Å². The maximum Gasteiger partial charge on any atom is 0.240 e. The fourth-order valence-corrected chi connectivity index (χ4v) is 2.29. The summed E-state index contributed by atoms with van der Waals surface area (Å²) in [6, 6.07) is 0. The molecule has 0 saturated carbocycles. The van der Waals surface area contributed by atoms with E-state index in [1.165, 1.54) is 0 Å². The molecule has 0 aromatic carbocycles. The van der Waals surface area contributed by atoms with Crippen LogP contribution in [0.2, 0.25) is 0 Å². The lowest BCUT2D eigenvalue weighted by molar-refractivity contribution is -0.137. The predicted octanol–water partition coefficient (Wildman–Crippen LogP) is 1.29. The summed E-state index contributed by atoms with van der Waals surface area (Å²) in [4.78, 5) is 24.9. The zero-order chi connectivity index (χ0) is 12.3. The number of likely N-dealkylation sites (tertiary alicyclic amines) is 1. The molecule has 16 heavy (non-hydrogen) atoms. The summed E-state index contributed by atoms with van der Waals surface area (Å²) in [6.45, 7) is 6.62. The third-order valence-corrected chi connectivity index (χ3v) is 3.16. The zero-order valence-corrected chi connectivity index (χ0v) is 11.6. The Hall–Kier alpha value is -0.580. The Morgan fingerprint density at radius 1 is 1.56 bits per heavy atom. The van der Waals surface area contributed by atoms with E-state index in [0.29, 0.717) is 6.54 Å². The van der Waals surface area contributed by atoms with E-state index in [-0.39, 0.29) is 28.7 Å². The Morgan fingerprint density at radius 2 is 2.19 bits per heavy atom. The number of halogens is 1. The van der Waals surface area contributed by atoms with E-state index in [1.54, 1.807) is 4.90 Å². The van der Waals surface area contributed by atoms with Crippen molar-refractivity contribution in [3.8, 4) is 0 Å². The molecule has 92 valence electrons. The van der Waals surface area contributed by atoms with Gasteiger partial charge in [0.2, 0.25) is 11.8 Å². The molecule has 1 aliphatic heterocycles. The minimum absolute atomic E-state index is 0.0234. The number of nitrogens with zero attached hydrogens (tertiary/aromatic N) is 1. The Balaban J connectivity index is 2.47. The molecule has 1 unspecified atom stereocenters. The molecular formula is C11H19BrN2O2. The highest BCUT2D eigenvalue weighted by atomic mass is 79.9. The fourth-order valence-electron chi connectivity index (χ4n) is 1.68. The quantitative estimate of drug-likeness (QED) is 0.779. The monoisotopic (exact) mass is 290 g/mol. The van der Waals surface area contributed by atoms with Crippen LogP contribution >= 0.6 is 15.9 Å². The second-order valence-electron chi connectivity index (χ2n) is 5.17. The van der Waals surface area contributed by atoms with Gasteiger partial charge in [0, 0.05) is 12.1 Å². The molecule has 0 bridgehead atoms. The smallest absolute Gasteiger partial charge is 0.240 e. The number of nitrogens with one attached hydrogen (secondary N) is 1. The van der Waals surface area contributed by atoms with Crippen LogP contribution in [0.3, 0.4) is 0 Å². The highest BCUT2D eigenvalue weighted by Crippen LogP contribution is 2.18. The topological polar surface area (TPSA) is 49.4 Å². The van der Waals surface area contributed by atoms with Crippen LogP contribution in [0.25, 0.3) is 0 Å². The van der Waals surface area contributed by atoms with Crippen molar-refractivity contribution in [2.75, 3.05) is 13.1 Å². The van der Waals surface area contributed by atoms with Crippen LogP contribution in [-0.4, -0.2) is 40.2 Å². The van der Waals surface area contributed by atoms with Crippen molar-refractivity contribution in [3.05, 3.63) is 0 Å². The summed E-state index contributed by atoms with van der Waals surface area (Å²) >= 11 is 3.32. The molecule has 1 N–H and O–H groups in total. The van der Waals surface area contributed by atoms with Crippen molar-refractivity contribution in [2.45, 2.75) is 44.0 Å². The Morgan fingerprint density at radius 3 is 2.75 bits per heavy atom. The van der Waals surface area contributed by atoms with Gasteiger partial charge in [-0.05, 0) is 33.6 Å². The third-order valence-electron chi connectivity index (χ3n) is 2.31. The van der Waals surface area contributed by atoms with Crippen LogP contribution in [-0.2, 0) is 9.59 Å². The molecule has 5 heteroatoms. The highest BCUT2D eigenvalue weighted by molar-refractivity contribution is 9.10. The van der Waals surface area contributed by atoms with E-state index < -0.39 is 0 Å². The Kier molecular flexibility index (Phi) is 4.35. The molecule has 0 spiro atoms. The molecule has 1 fully saturated rings. The summed E-state index contributed by atoms with van der Waals surface area (Å²) in [5.41, 5.74) is -0.246. The van der Waals surface area contributed by atoms with Crippen LogP contribution in [0.5, 0.6) is 0 Å². The first-order valence-corrected chi connectivity index (χ1v) is 6.45. The predicted molar refractivity (Wildman–Crippen MR) is 66.4 cm³/mol. The molecule has 1 rings (SSSR count).